The quantitative estimate of drug-likeness (QED) is 0.165. The average Bonchev–Trinajstić information content (AvgIpc) is 3.64. The molecule has 0 radical (unpaired) electrons. The first kappa shape index (κ1) is 27.6. The van der Waals surface area contributed by atoms with Crippen LogP contribution in [0.5, 0.6) is 0 Å². The van der Waals surface area contributed by atoms with Gasteiger partial charge in [0.05, 0.1) is 10.9 Å². The van der Waals surface area contributed by atoms with Crippen LogP contribution in [0.3, 0.4) is 0 Å². The molecule has 5 nitrogen and oxygen atoms in total. The number of aryl methyl sites for hydroxylation is 2. The smallest absolute Gasteiger partial charge is 0.295 e. The summed E-state index contributed by atoms with van der Waals surface area (Å²) in [5.74, 6) is 0.868. The van der Waals surface area contributed by atoms with Gasteiger partial charge in [0, 0.05) is 51.2 Å². The number of hydrogen-bond acceptors (Lipinski definition) is 2. The summed E-state index contributed by atoms with van der Waals surface area (Å²) in [4.78, 5) is -0.0713. The lowest BCUT2D eigenvalue weighted by atomic mass is 9.84. The van der Waals surface area contributed by atoms with E-state index in [0.29, 0.717) is 17.2 Å². The Bertz CT molecular complexity index is 2390. The highest BCUT2D eigenvalue weighted by Gasteiger charge is 2.37. The summed E-state index contributed by atoms with van der Waals surface area (Å²) >= 11 is 7.25. The molecule has 2 atom stereocenters. The molecule has 1 N–H and O–H groups in total. The number of halogens is 1. The van der Waals surface area contributed by atoms with E-state index in [2.05, 4.69) is 77.7 Å². The molecule has 220 valence electrons. The first-order chi connectivity index (χ1) is 21.1. The van der Waals surface area contributed by atoms with Gasteiger partial charge in [-0.15, -0.1) is 0 Å². The highest BCUT2D eigenvalue weighted by molar-refractivity contribution is 7.86. The van der Waals surface area contributed by atoms with Gasteiger partial charge in [0.25, 0.3) is 10.1 Å². The lowest BCUT2D eigenvalue weighted by Crippen LogP contribution is -2.14. The molecule has 1 aliphatic heterocycles. The number of benzene rings is 4. The van der Waals surface area contributed by atoms with Crippen molar-refractivity contribution in [1.29, 1.82) is 0 Å². The van der Waals surface area contributed by atoms with Gasteiger partial charge in [-0.1, -0.05) is 60.2 Å². The van der Waals surface area contributed by atoms with Crippen molar-refractivity contribution in [2.24, 2.45) is 18.9 Å². The van der Waals surface area contributed by atoms with Crippen molar-refractivity contribution in [3.8, 4) is 0 Å². The molecule has 44 heavy (non-hydrogen) atoms. The molecule has 4 aromatic carbocycles. The Morgan fingerprint density at radius 1 is 0.909 bits per heavy atom. The monoisotopic (exact) mass is 619 g/mol. The highest BCUT2D eigenvalue weighted by atomic mass is 35.5. The van der Waals surface area contributed by atoms with Crippen LogP contribution in [0, 0.1) is 18.8 Å². The third-order valence-electron chi connectivity index (χ3n) is 10.2. The maximum atomic E-state index is 12.1. The number of fused-ring (bicyclic) bond motifs is 2. The largest absolute Gasteiger partial charge is 0.344 e. The summed E-state index contributed by atoms with van der Waals surface area (Å²) in [6.07, 6.45) is 12.1. The third-order valence-corrected chi connectivity index (χ3v) is 11.5. The van der Waals surface area contributed by atoms with Crippen molar-refractivity contribution in [2.45, 2.75) is 31.1 Å². The Morgan fingerprint density at radius 3 is 2.48 bits per heavy atom. The van der Waals surface area contributed by atoms with Gasteiger partial charge in [-0.2, -0.15) is 13.0 Å². The molecule has 2 bridgehead atoms. The summed E-state index contributed by atoms with van der Waals surface area (Å²) in [6, 6.07) is 19.8. The zero-order valence-corrected chi connectivity index (χ0v) is 26.4. The van der Waals surface area contributed by atoms with Crippen molar-refractivity contribution >= 4 is 71.6 Å². The van der Waals surface area contributed by atoms with Gasteiger partial charge in [0.1, 0.15) is 11.9 Å². The summed E-state index contributed by atoms with van der Waals surface area (Å²) in [6.45, 7) is 2.17. The van der Waals surface area contributed by atoms with E-state index < -0.39 is 10.1 Å². The van der Waals surface area contributed by atoms with E-state index in [9.17, 15) is 13.0 Å². The van der Waals surface area contributed by atoms with E-state index >= 15 is 0 Å². The highest BCUT2D eigenvalue weighted by Crippen LogP contribution is 2.50. The summed E-state index contributed by atoms with van der Waals surface area (Å²) in [7, 11) is -0.223. The zero-order chi connectivity index (χ0) is 30.5. The van der Waals surface area contributed by atoms with Crippen LogP contribution in [-0.4, -0.2) is 34.9 Å². The van der Waals surface area contributed by atoms with Crippen molar-refractivity contribution in [1.82, 2.24) is 4.57 Å². The van der Waals surface area contributed by atoms with Gasteiger partial charge >= 0.3 is 0 Å². The maximum Gasteiger partial charge on any atom is 0.295 e. The third kappa shape index (κ3) is 3.94. The Hall–Kier alpha value is -3.97. The minimum absolute atomic E-state index is 0.0713. The minimum atomic E-state index is -4.35. The van der Waals surface area contributed by atoms with Crippen molar-refractivity contribution in [3.63, 3.8) is 0 Å². The molecule has 2 aliphatic carbocycles. The van der Waals surface area contributed by atoms with Crippen molar-refractivity contribution in [3.05, 3.63) is 112 Å². The van der Waals surface area contributed by atoms with Crippen LogP contribution >= 0.6 is 11.6 Å². The van der Waals surface area contributed by atoms with Crippen LogP contribution < -0.4 is 5.35 Å². The first-order valence-electron chi connectivity index (χ1n) is 15.0. The van der Waals surface area contributed by atoms with E-state index in [4.69, 9.17) is 11.6 Å². The van der Waals surface area contributed by atoms with Crippen LogP contribution in [0.15, 0.2) is 100.0 Å². The van der Waals surface area contributed by atoms with Crippen molar-refractivity contribution < 1.29 is 17.5 Å². The van der Waals surface area contributed by atoms with Crippen LogP contribution in [0.1, 0.15) is 30.4 Å². The molecular formula is C37H32ClN2O3S+. The second-order valence-electron chi connectivity index (χ2n) is 12.4. The molecule has 1 saturated carbocycles. The number of allylic oxidation sites excluding steroid dienone is 6. The lowest BCUT2D eigenvalue weighted by Gasteiger charge is -2.24. The summed E-state index contributed by atoms with van der Waals surface area (Å²) in [5, 5.41) is 6.71. The Kier molecular flexibility index (Phi) is 6.12. The summed E-state index contributed by atoms with van der Waals surface area (Å²) in [5.41, 5.74) is 8.23. The SMILES string of the molecule is Cc1ccc2c3c(cccc13)C(/C=C/C1=C(Cl)C(=C/C=c3/c4cccc5c(S(=O)(=O)O)ccc(c54)n3C)/C3CCC1C3)=[N+]2C. The molecule has 8 rings (SSSR count). The van der Waals surface area contributed by atoms with Gasteiger partial charge in [-0.05, 0) is 84.4 Å². The average molecular weight is 620 g/mol. The predicted octanol–water partition coefficient (Wildman–Crippen LogP) is 7.72. The van der Waals surface area contributed by atoms with E-state index in [1.807, 2.05) is 19.2 Å². The fourth-order valence-corrected chi connectivity index (χ4v) is 9.08. The van der Waals surface area contributed by atoms with Gasteiger partial charge in [-0.3, -0.25) is 4.55 Å². The number of nitrogens with zero attached hydrogens (tertiary/aromatic N) is 2. The van der Waals surface area contributed by atoms with Gasteiger partial charge in [0.2, 0.25) is 11.4 Å². The molecule has 0 amide bonds. The van der Waals surface area contributed by atoms with Crippen LogP contribution in [0.4, 0.5) is 5.69 Å². The second-order valence-corrected chi connectivity index (χ2v) is 14.2. The van der Waals surface area contributed by atoms with Gasteiger partial charge in [0.15, 0.2) is 0 Å². The molecule has 0 spiro atoms. The fourth-order valence-electron chi connectivity index (χ4n) is 7.96. The number of aromatic nitrogens is 1. The van der Waals surface area contributed by atoms with E-state index in [1.165, 1.54) is 44.9 Å². The maximum absolute atomic E-state index is 12.1. The van der Waals surface area contributed by atoms with E-state index in [0.717, 1.165) is 51.5 Å². The Balaban J connectivity index is 1.24. The predicted molar refractivity (Wildman–Crippen MR) is 179 cm³/mol. The van der Waals surface area contributed by atoms with Crippen molar-refractivity contribution in [2.75, 3.05) is 7.05 Å². The molecule has 1 fully saturated rings. The lowest BCUT2D eigenvalue weighted by molar-refractivity contribution is -0.399. The first-order valence-corrected chi connectivity index (χ1v) is 16.9. The zero-order valence-electron chi connectivity index (χ0n) is 24.8. The molecule has 3 aliphatic rings. The van der Waals surface area contributed by atoms with Gasteiger partial charge in [-0.25, -0.2) is 0 Å². The minimum Gasteiger partial charge on any atom is -0.344 e. The molecule has 2 heterocycles. The topological polar surface area (TPSA) is 62.3 Å². The van der Waals surface area contributed by atoms with Crippen LogP contribution in [0.2, 0.25) is 0 Å². The molecule has 1 aromatic heterocycles. The molecule has 2 unspecified atom stereocenters. The van der Waals surface area contributed by atoms with E-state index in [-0.39, 0.29) is 4.90 Å². The van der Waals surface area contributed by atoms with E-state index in [1.54, 1.807) is 12.1 Å². The Labute approximate surface area is 261 Å². The Morgan fingerprint density at radius 2 is 1.66 bits per heavy atom. The second kappa shape index (κ2) is 9.77. The van der Waals surface area contributed by atoms with Crippen LogP contribution in [0.25, 0.3) is 38.5 Å². The number of rotatable bonds is 4. The molecular weight excluding hydrogens is 588 g/mol. The standard InChI is InChI=1S/C37H31ClN2O3S/c1-21-10-15-32-35-24(21)6-4-7-27(35)30(39(32)2)16-13-25-22-11-12-23(20-22)26(37(25)38)14-17-31-28-8-5-9-29-34(44(41,42)43)19-18-33(36(28)29)40(31)3/h4-10,13-19,22-23H,11-12,20H2,1-3H3/p+1. The van der Waals surface area contributed by atoms with Crippen LogP contribution in [-0.2, 0) is 17.2 Å². The molecule has 5 aromatic rings. The summed E-state index contributed by atoms with van der Waals surface area (Å²) < 4.78 is 38.4. The normalized spacial score (nSPS) is 21.6. The van der Waals surface area contributed by atoms with Gasteiger partial charge < -0.3 is 4.57 Å². The number of hydrogen-bond donors (Lipinski definition) is 1. The molecule has 7 heteroatoms. The molecule has 0 saturated heterocycles. The fraction of sp³-hybridized carbons (Fsp3) is 0.216.